The summed E-state index contributed by atoms with van der Waals surface area (Å²) in [4.78, 5) is 12.3. The van der Waals surface area contributed by atoms with Gasteiger partial charge in [0.05, 0.1) is 0 Å². The molecule has 6 heteroatoms. The Morgan fingerprint density at radius 2 is 2.00 bits per heavy atom. The van der Waals surface area contributed by atoms with Gasteiger partial charge in [0, 0.05) is 17.6 Å². The summed E-state index contributed by atoms with van der Waals surface area (Å²) in [6, 6.07) is 12.2. The Morgan fingerprint density at radius 3 is 2.71 bits per heavy atom. The predicted octanol–water partition coefficient (Wildman–Crippen LogP) is 3.01. The third-order valence-electron chi connectivity index (χ3n) is 4.17. The van der Waals surface area contributed by atoms with Gasteiger partial charge in [0.25, 0.3) is 0 Å². The topological polar surface area (TPSA) is 53.2 Å². The minimum Gasteiger partial charge on any atom is -0.351 e. The van der Waals surface area contributed by atoms with Crippen LogP contribution in [0, 0.1) is 12.7 Å². The molecule has 1 aliphatic heterocycles. The lowest BCUT2D eigenvalue weighted by atomic mass is 10.0. The maximum absolute atomic E-state index is 13.0. The highest BCUT2D eigenvalue weighted by Crippen LogP contribution is 2.23. The molecule has 0 spiro atoms. The van der Waals surface area contributed by atoms with Crippen LogP contribution >= 0.6 is 11.6 Å². The molecule has 0 saturated carbocycles. The van der Waals surface area contributed by atoms with Gasteiger partial charge in [-0.2, -0.15) is 0 Å². The monoisotopic (exact) mass is 347 g/mol. The van der Waals surface area contributed by atoms with Crippen molar-refractivity contribution in [3.63, 3.8) is 0 Å². The van der Waals surface area contributed by atoms with Gasteiger partial charge in [-0.3, -0.25) is 4.79 Å². The first-order chi connectivity index (χ1) is 11.5. The normalized spacial score (nSPS) is 20.1. The Labute approximate surface area is 145 Å². The van der Waals surface area contributed by atoms with Crippen LogP contribution in [0.3, 0.4) is 0 Å². The highest BCUT2D eigenvalue weighted by atomic mass is 35.5. The molecule has 1 fully saturated rings. The number of carbonyl (C=O) groups is 1. The smallest absolute Gasteiger partial charge is 0.238 e. The van der Waals surface area contributed by atoms with Gasteiger partial charge in [0.15, 0.2) is 0 Å². The largest absolute Gasteiger partial charge is 0.351 e. The van der Waals surface area contributed by atoms with E-state index in [0.717, 1.165) is 5.56 Å². The van der Waals surface area contributed by atoms with Crippen molar-refractivity contribution in [3.8, 4) is 0 Å². The van der Waals surface area contributed by atoms with Crippen LogP contribution in [0.15, 0.2) is 42.5 Å². The summed E-state index contributed by atoms with van der Waals surface area (Å²) in [5.74, 6) is -0.504. The second-order valence-electron chi connectivity index (χ2n) is 5.99. The van der Waals surface area contributed by atoms with Gasteiger partial charge in [0.1, 0.15) is 11.9 Å². The fourth-order valence-corrected chi connectivity index (χ4v) is 2.95. The van der Waals surface area contributed by atoms with Crippen LogP contribution in [0.5, 0.6) is 0 Å². The quantitative estimate of drug-likeness (QED) is 0.797. The molecule has 2 aromatic rings. The SMILES string of the molecule is Cc1ccc(C2CC(C(=O)NCc3ccc(F)cc3Cl)NN2)cc1. The molecular weight excluding hydrogens is 329 g/mol. The van der Waals surface area contributed by atoms with Crippen LogP contribution in [0.2, 0.25) is 5.02 Å². The van der Waals surface area contributed by atoms with Gasteiger partial charge in [-0.05, 0) is 36.6 Å². The molecule has 2 unspecified atom stereocenters. The molecule has 3 rings (SSSR count). The van der Waals surface area contributed by atoms with E-state index in [2.05, 4.69) is 40.4 Å². The maximum atomic E-state index is 13.0. The molecule has 0 radical (unpaired) electrons. The lowest BCUT2D eigenvalue weighted by Crippen LogP contribution is -2.42. The Morgan fingerprint density at radius 1 is 1.25 bits per heavy atom. The predicted molar refractivity (Wildman–Crippen MR) is 91.9 cm³/mol. The summed E-state index contributed by atoms with van der Waals surface area (Å²) < 4.78 is 13.0. The Bertz CT molecular complexity index is 736. The van der Waals surface area contributed by atoms with E-state index < -0.39 is 5.82 Å². The van der Waals surface area contributed by atoms with Crippen molar-refractivity contribution in [3.05, 3.63) is 70.0 Å². The fourth-order valence-electron chi connectivity index (χ4n) is 2.72. The van der Waals surface area contributed by atoms with Gasteiger partial charge >= 0.3 is 0 Å². The van der Waals surface area contributed by atoms with E-state index in [-0.39, 0.29) is 24.5 Å². The molecule has 126 valence electrons. The van der Waals surface area contributed by atoms with Crippen molar-refractivity contribution in [2.75, 3.05) is 0 Å². The number of benzene rings is 2. The number of hydrogen-bond donors (Lipinski definition) is 3. The minimum atomic E-state index is -0.391. The number of carbonyl (C=O) groups excluding carboxylic acids is 1. The van der Waals surface area contributed by atoms with Crippen molar-refractivity contribution >= 4 is 17.5 Å². The summed E-state index contributed by atoms with van der Waals surface area (Å²) >= 11 is 5.97. The first-order valence-corrected chi connectivity index (χ1v) is 8.20. The molecule has 0 aliphatic carbocycles. The third-order valence-corrected chi connectivity index (χ3v) is 4.52. The number of hydrogen-bond acceptors (Lipinski definition) is 3. The van der Waals surface area contributed by atoms with Crippen LogP contribution < -0.4 is 16.2 Å². The Kier molecular flexibility index (Phi) is 5.14. The van der Waals surface area contributed by atoms with Gasteiger partial charge in [-0.15, -0.1) is 0 Å². The second-order valence-corrected chi connectivity index (χ2v) is 6.40. The van der Waals surface area contributed by atoms with E-state index in [1.54, 1.807) is 6.07 Å². The molecule has 2 atom stereocenters. The molecule has 0 bridgehead atoms. The highest BCUT2D eigenvalue weighted by Gasteiger charge is 2.29. The third kappa shape index (κ3) is 3.93. The number of rotatable bonds is 4. The lowest BCUT2D eigenvalue weighted by Gasteiger charge is -2.12. The van der Waals surface area contributed by atoms with E-state index >= 15 is 0 Å². The second kappa shape index (κ2) is 7.30. The number of hydrazine groups is 1. The van der Waals surface area contributed by atoms with Gasteiger partial charge in [-0.25, -0.2) is 15.2 Å². The lowest BCUT2D eigenvalue weighted by molar-refractivity contribution is -0.123. The van der Waals surface area contributed by atoms with Crippen LogP contribution in [0.4, 0.5) is 4.39 Å². The molecule has 1 heterocycles. The number of nitrogens with one attached hydrogen (secondary N) is 3. The zero-order valence-electron chi connectivity index (χ0n) is 13.3. The molecule has 4 nitrogen and oxygen atoms in total. The summed E-state index contributed by atoms with van der Waals surface area (Å²) in [7, 11) is 0. The summed E-state index contributed by atoms with van der Waals surface area (Å²) in [5.41, 5.74) is 9.21. The van der Waals surface area contributed by atoms with Crippen molar-refractivity contribution in [1.82, 2.24) is 16.2 Å². The van der Waals surface area contributed by atoms with Gasteiger partial charge in [0.2, 0.25) is 5.91 Å². The molecule has 2 aromatic carbocycles. The van der Waals surface area contributed by atoms with E-state index in [1.807, 2.05) is 6.92 Å². The fraction of sp³-hybridized carbons (Fsp3) is 0.278. The van der Waals surface area contributed by atoms with Crippen LogP contribution in [-0.2, 0) is 11.3 Å². The van der Waals surface area contributed by atoms with E-state index in [1.165, 1.54) is 17.7 Å². The van der Waals surface area contributed by atoms with Crippen molar-refractivity contribution < 1.29 is 9.18 Å². The molecule has 0 aromatic heterocycles. The maximum Gasteiger partial charge on any atom is 0.238 e. The number of aryl methyl sites for hydroxylation is 1. The molecule has 3 N–H and O–H groups in total. The first kappa shape index (κ1) is 16.9. The summed E-state index contributed by atoms with van der Waals surface area (Å²) in [6.07, 6.45) is 0.659. The molecule has 24 heavy (non-hydrogen) atoms. The van der Waals surface area contributed by atoms with Crippen LogP contribution in [0.1, 0.15) is 29.2 Å². The molecular formula is C18H19ClFN3O. The zero-order valence-corrected chi connectivity index (χ0v) is 14.0. The van der Waals surface area contributed by atoms with Gasteiger partial charge in [-0.1, -0.05) is 47.5 Å². The Hall–Kier alpha value is -1.95. The highest BCUT2D eigenvalue weighted by molar-refractivity contribution is 6.31. The summed E-state index contributed by atoms with van der Waals surface area (Å²) in [6.45, 7) is 2.31. The Balaban J connectivity index is 1.55. The number of halogens is 2. The molecule has 1 amide bonds. The average molecular weight is 348 g/mol. The van der Waals surface area contributed by atoms with Crippen LogP contribution in [-0.4, -0.2) is 11.9 Å². The summed E-state index contributed by atoms with van der Waals surface area (Å²) in [5, 5.41) is 3.14. The van der Waals surface area contributed by atoms with E-state index in [9.17, 15) is 9.18 Å². The van der Waals surface area contributed by atoms with Crippen molar-refractivity contribution in [1.29, 1.82) is 0 Å². The van der Waals surface area contributed by atoms with Gasteiger partial charge < -0.3 is 5.32 Å². The minimum absolute atomic E-state index is 0.0933. The first-order valence-electron chi connectivity index (χ1n) is 7.82. The standard InChI is InChI=1S/C18H19ClFN3O/c1-11-2-4-12(5-3-11)16-9-17(23-22-16)18(24)21-10-13-6-7-14(20)8-15(13)19/h2-8,16-17,22-23H,9-10H2,1H3,(H,21,24). The van der Waals surface area contributed by atoms with E-state index in [0.29, 0.717) is 17.0 Å². The van der Waals surface area contributed by atoms with E-state index in [4.69, 9.17) is 11.6 Å². The van der Waals surface area contributed by atoms with Crippen LogP contribution in [0.25, 0.3) is 0 Å². The van der Waals surface area contributed by atoms with Crippen molar-refractivity contribution in [2.24, 2.45) is 0 Å². The molecule has 1 saturated heterocycles. The number of amides is 1. The molecule has 1 aliphatic rings. The zero-order chi connectivity index (χ0) is 17.1. The van der Waals surface area contributed by atoms with Crippen molar-refractivity contribution in [2.45, 2.75) is 32.0 Å². The average Bonchev–Trinajstić information content (AvgIpc) is 3.04.